The normalized spacial score (nSPS) is 10.4. The van der Waals surface area contributed by atoms with Crippen LogP contribution in [0.2, 0.25) is 15.1 Å². The minimum Gasteiger partial charge on any atom is -0.497 e. The minimum atomic E-state index is 0.488. The van der Waals surface area contributed by atoms with E-state index >= 15 is 0 Å². The van der Waals surface area contributed by atoms with Gasteiger partial charge in [0.25, 0.3) is 0 Å². The third-order valence-electron chi connectivity index (χ3n) is 2.72. The van der Waals surface area contributed by atoms with E-state index in [1.165, 1.54) is 0 Å². The van der Waals surface area contributed by atoms with Gasteiger partial charge >= 0.3 is 0 Å². The fourth-order valence-electron chi connectivity index (χ4n) is 1.71. The van der Waals surface area contributed by atoms with E-state index in [4.69, 9.17) is 39.5 Å². The molecule has 0 bridgehead atoms. The van der Waals surface area contributed by atoms with Crippen LogP contribution in [-0.2, 0) is 6.54 Å². The second kappa shape index (κ2) is 6.90. The fraction of sp³-hybridized carbons (Fsp3) is 0.143. The molecule has 2 aromatic rings. The molecule has 2 nitrogen and oxygen atoms in total. The van der Waals surface area contributed by atoms with E-state index in [0.717, 1.165) is 15.8 Å². The highest BCUT2D eigenvalue weighted by molar-refractivity contribution is 9.10. The molecule has 0 spiro atoms. The van der Waals surface area contributed by atoms with Crippen molar-refractivity contribution in [3.63, 3.8) is 0 Å². The van der Waals surface area contributed by atoms with Crippen LogP contribution in [0.1, 0.15) is 5.56 Å². The van der Waals surface area contributed by atoms with Crippen LogP contribution >= 0.6 is 50.7 Å². The Morgan fingerprint density at radius 1 is 1.10 bits per heavy atom. The van der Waals surface area contributed by atoms with Crippen molar-refractivity contribution in [3.05, 3.63) is 55.4 Å². The van der Waals surface area contributed by atoms with Crippen LogP contribution in [0, 0.1) is 0 Å². The first kappa shape index (κ1) is 15.8. The largest absolute Gasteiger partial charge is 0.497 e. The van der Waals surface area contributed by atoms with Gasteiger partial charge in [0.15, 0.2) is 0 Å². The van der Waals surface area contributed by atoms with Gasteiger partial charge in [0.05, 0.1) is 22.8 Å². The first-order chi connectivity index (χ1) is 9.51. The lowest BCUT2D eigenvalue weighted by Crippen LogP contribution is -2.02. The predicted molar refractivity (Wildman–Crippen MR) is 89.5 cm³/mol. The molecule has 0 radical (unpaired) electrons. The van der Waals surface area contributed by atoms with Gasteiger partial charge < -0.3 is 10.1 Å². The van der Waals surface area contributed by atoms with E-state index < -0.39 is 0 Å². The fourth-order valence-corrected chi connectivity index (χ4v) is 3.05. The predicted octanol–water partition coefficient (Wildman–Crippen LogP) is 6.03. The van der Waals surface area contributed by atoms with Crippen LogP contribution in [0.5, 0.6) is 5.75 Å². The van der Waals surface area contributed by atoms with Gasteiger partial charge in [0, 0.05) is 16.0 Å². The van der Waals surface area contributed by atoms with Gasteiger partial charge in [-0.3, -0.25) is 0 Å². The molecule has 0 heterocycles. The monoisotopic (exact) mass is 393 g/mol. The number of methoxy groups -OCH3 is 1. The summed E-state index contributed by atoms with van der Waals surface area (Å²) in [6, 6.07) is 9.06. The summed E-state index contributed by atoms with van der Waals surface area (Å²) < 4.78 is 6.19. The number of benzene rings is 2. The maximum absolute atomic E-state index is 6.13. The maximum Gasteiger partial charge on any atom is 0.119 e. The van der Waals surface area contributed by atoms with Crippen LogP contribution in [0.4, 0.5) is 5.69 Å². The first-order valence-corrected chi connectivity index (χ1v) is 7.65. The third kappa shape index (κ3) is 3.73. The Morgan fingerprint density at radius 3 is 2.35 bits per heavy atom. The summed E-state index contributed by atoms with van der Waals surface area (Å²) in [6.07, 6.45) is 0. The Kier molecular flexibility index (Phi) is 5.44. The minimum absolute atomic E-state index is 0.488. The molecule has 0 unspecified atom stereocenters. The Hall–Kier alpha value is -0.610. The van der Waals surface area contributed by atoms with Crippen molar-refractivity contribution < 1.29 is 4.74 Å². The van der Waals surface area contributed by atoms with Gasteiger partial charge in [-0.15, -0.1) is 0 Å². The smallest absolute Gasteiger partial charge is 0.119 e. The number of anilines is 1. The third-order valence-corrected chi connectivity index (χ3v) is 4.30. The topological polar surface area (TPSA) is 21.3 Å². The van der Waals surface area contributed by atoms with Crippen molar-refractivity contribution in [1.29, 1.82) is 0 Å². The molecule has 0 fully saturated rings. The molecule has 0 aliphatic rings. The Bertz CT molecular complexity index is 611. The molecule has 0 saturated heterocycles. The van der Waals surface area contributed by atoms with Crippen LogP contribution in [0.15, 0.2) is 34.8 Å². The van der Waals surface area contributed by atoms with Gasteiger partial charge in [-0.25, -0.2) is 0 Å². The lowest BCUT2D eigenvalue weighted by molar-refractivity contribution is 0.414. The molecule has 106 valence electrons. The highest BCUT2D eigenvalue weighted by Crippen LogP contribution is 2.34. The zero-order chi connectivity index (χ0) is 14.7. The lowest BCUT2D eigenvalue weighted by Gasteiger charge is -2.13. The van der Waals surface area contributed by atoms with Gasteiger partial charge in [-0.2, -0.15) is 0 Å². The Labute approximate surface area is 141 Å². The molecular formula is C14H11BrCl3NO. The summed E-state index contributed by atoms with van der Waals surface area (Å²) in [7, 11) is 1.63. The molecule has 20 heavy (non-hydrogen) atoms. The van der Waals surface area contributed by atoms with E-state index in [-0.39, 0.29) is 0 Å². The van der Waals surface area contributed by atoms with Crippen LogP contribution in [0.3, 0.4) is 0 Å². The van der Waals surface area contributed by atoms with Gasteiger partial charge in [0.2, 0.25) is 0 Å². The van der Waals surface area contributed by atoms with E-state index in [1.54, 1.807) is 19.2 Å². The van der Waals surface area contributed by atoms with Gasteiger partial charge in [-0.1, -0.05) is 50.7 Å². The highest BCUT2D eigenvalue weighted by atomic mass is 79.9. The first-order valence-electron chi connectivity index (χ1n) is 5.72. The van der Waals surface area contributed by atoms with Crippen LogP contribution in [0.25, 0.3) is 0 Å². The van der Waals surface area contributed by atoms with Crippen molar-refractivity contribution in [2.24, 2.45) is 0 Å². The molecule has 0 amide bonds. The van der Waals surface area contributed by atoms with E-state index in [0.29, 0.717) is 27.3 Å². The molecule has 0 saturated carbocycles. The molecule has 6 heteroatoms. The Balaban J connectivity index is 2.21. The lowest BCUT2D eigenvalue weighted by atomic mass is 10.2. The summed E-state index contributed by atoms with van der Waals surface area (Å²) in [5, 5.41) is 4.69. The van der Waals surface area contributed by atoms with Crippen LogP contribution < -0.4 is 10.1 Å². The second-order valence-corrected chi connectivity index (χ2v) is 6.16. The average molecular weight is 396 g/mol. The summed E-state index contributed by atoms with van der Waals surface area (Å²) in [5.74, 6) is 0.790. The number of hydrogen-bond donors (Lipinski definition) is 1. The molecular weight excluding hydrogens is 384 g/mol. The summed E-state index contributed by atoms with van der Waals surface area (Å²) in [5.41, 5.74) is 1.69. The molecule has 0 atom stereocenters. The van der Waals surface area contributed by atoms with Crippen LogP contribution in [-0.4, -0.2) is 7.11 Å². The average Bonchev–Trinajstić information content (AvgIpc) is 2.39. The summed E-state index contributed by atoms with van der Waals surface area (Å²) in [4.78, 5) is 0. The molecule has 2 rings (SSSR count). The standard InChI is InChI=1S/C14H11BrCl3NO/c1-20-10-2-3-11(15)8(4-10)7-19-14-12(17)5-9(16)6-13(14)18/h2-6,19H,7H2,1H3. The van der Waals surface area contributed by atoms with Crippen molar-refractivity contribution >= 4 is 56.4 Å². The molecule has 0 aliphatic carbocycles. The van der Waals surface area contributed by atoms with Crippen molar-refractivity contribution in [3.8, 4) is 5.75 Å². The summed E-state index contributed by atoms with van der Waals surface area (Å²) >= 11 is 21.6. The second-order valence-electron chi connectivity index (χ2n) is 4.06. The quantitative estimate of drug-likeness (QED) is 0.682. The number of nitrogens with one attached hydrogen (secondary N) is 1. The zero-order valence-corrected chi connectivity index (χ0v) is 14.4. The zero-order valence-electron chi connectivity index (χ0n) is 10.5. The van der Waals surface area contributed by atoms with E-state index in [2.05, 4.69) is 21.2 Å². The van der Waals surface area contributed by atoms with E-state index in [9.17, 15) is 0 Å². The highest BCUT2D eigenvalue weighted by Gasteiger charge is 2.09. The SMILES string of the molecule is COc1ccc(Br)c(CNc2c(Cl)cc(Cl)cc2Cl)c1. The number of ether oxygens (including phenoxy) is 1. The molecule has 2 aromatic carbocycles. The Morgan fingerprint density at radius 2 is 1.75 bits per heavy atom. The summed E-state index contributed by atoms with van der Waals surface area (Å²) in [6.45, 7) is 0.554. The van der Waals surface area contributed by atoms with Crippen molar-refractivity contribution in [2.45, 2.75) is 6.54 Å². The number of hydrogen-bond acceptors (Lipinski definition) is 2. The molecule has 0 aliphatic heterocycles. The van der Waals surface area contributed by atoms with Gasteiger partial charge in [-0.05, 0) is 35.9 Å². The van der Waals surface area contributed by atoms with Crippen molar-refractivity contribution in [1.82, 2.24) is 0 Å². The maximum atomic E-state index is 6.13. The molecule has 0 aromatic heterocycles. The number of rotatable bonds is 4. The van der Waals surface area contributed by atoms with Gasteiger partial charge in [0.1, 0.15) is 5.75 Å². The molecule has 1 N–H and O–H groups in total. The number of halogens is 4. The van der Waals surface area contributed by atoms with E-state index in [1.807, 2.05) is 18.2 Å². The van der Waals surface area contributed by atoms with Crippen molar-refractivity contribution in [2.75, 3.05) is 12.4 Å².